The van der Waals surface area contributed by atoms with Crippen LogP contribution in [0.1, 0.15) is 51.2 Å². The van der Waals surface area contributed by atoms with Crippen molar-refractivity contribution in [1.29, 1.82) is 0 Å². The van der Waals surface area contributed by atoms with E-state index in [1.807, 2.05) is 18.2 Å². The maximum absolute atomic E-state index is 6.01. The van der Waals surface area contributed by atoms with Crippen LogP contribution in [0.3, 0.4) is 0 Å². The second-order valence-electron chi connectivity index (χ2n) is 8.10. The van der Waals surface area contributed by atoms with E-state index in [0.29, 0.717) is 17.3 Å². The number of nitrogens with one attached hydrogen (secondary N) is 1. The van der Waals surface area contributed by atoms with Crippen LogP contribution >= 0.6 is 12.2 Å². The van der Waals surface area contributed by atoms with Gasteiger partial charge in [-0.05, 0) is 73.5 Å². The largest absolute Gasteiger partial charge is 0.489 e. The fourth-order valence-electron chi connectivity index (χ4n) is 3.65. The molecule has 1 N–H and O–H groups in total. The molecule has 0 aliphatic rings. The Bertz CT molecular complexity index is 1000. The number of benzene rings is 2. The maximum atomic E-state index is 6.01. The third kappa shape index (κ3) is 6.28. The number of ether oxygens (including phenoxy) is 1. The average Bonchev–Trinajstić information content (AvgIpc) is 3.16. The van der Waals surface area contributed by atoms with Crippen LogP contribution in [0, 0.1) is 4.77 Å². The quantitative estimate of drug-likeness (QED) is 0.371. The summed E-state index contributed by atoms with van der Waals surface area (Å²) < 4.78 is 8.78. The first kappa shape index (κ1) is 23.2. The molecule has 3 aromatic rings. The Balaban J connectivity index is 1.68. The van der Waals surface area contributed by atoms with Gasteiger partial charge in [0.15, 0.2) is 10.6 Å². The van der Waals surface area contributed by atoms with Crippen molar-refractivity contribution >= 4 is 12.2 Å². The molecule has 0 saturated heterocycles. The number of aromatic amines is 1. The summed E-state index contributed by atoms with van der Waals surface area (Å²) in [6.45, 7) is 13.4. The molecule has 0 unspecified atom stereocenters. The van der Waals surface area contributed by atoms with Crippen molar-refractivity contribution in [3.05, 3.63) is 64.4 Å². The first-order valence-electron chi connectivity index (χ1n) is 11.2. The summed E-state index contributed by atoms with van der Waals surface area (Å²) in [5, 5.41) is 7.47. The lowest BCUT2D eigenvalue weighted by Gasteiger charge is -2.18. The summed E-state index contributed by atoms with van der Waals surface area (Å²) in [6, 6.07) is 16.7. The summed E-state index contributed by atoms with van der Waals surface area (Å²) in [7, 11) is 0. The van der Waals surface area contributed by atoms with E-state index in [1.165, 1.54) is 5.56 Å². The molecule has 0 saturated carbocycles. The average molecular weight is 439 g/mol. The van der Waals surface area contributed by atoms with E-state index in [-0.39, 0.29) is 0 Å². The molecule has 166 valence electrons. The molecule has 0 aliphatic heterocycles. The summed E-state index contributed by atoms with van der Waals surface area (Å²) in [6.07, 6.45) is 1.04. The molecular weight excluding hydrogens is 404 g/mol. The van der Waals surface area contributed by atoms with Gasteiger partial charge in [-0.25, -0.2) is 0 Å². The minimum atomic E-state index is 0.516. The number of nitrogens with zero attached hydrogens (tertiary/aromatic N) is 3. The molecule has 0 fully saturated rings. The zero-order valence-corrected chi connectivity index (χ0v) is 19.9. The minimum Gasteiger partial charge on any atom is -0.489 e. The molecule has 0 atom stereocenters. The van der Waals surface area contributed by atoms with Gasteiger partial charge in [0.25, 0.3) is 0 Å². The van der Waals surface area contributed by atoms with Gasteiger partial charge in [0.2, 0.25) is 0 Å². The Morgan fingerprint density at radius 3 is 2.52 bits per heavy atom. The highest BCUT2D eigenvalue weighted by molar-refractivity contribution is 7.71. The smallest absolute Gasteiger partial charge is 0.195 e. The van der Waals surface area contributed by atoms with Gasteiger partial charge in [-0.1, -0.05) is 58.0 Å². The van der Waals surface area contributed by atoms with Crippen LogP contribution in [0.5, 0.6) is 5.75 Å². The van der Waals surface area contributed by atoms with E-state index < -0.39 is 0 Å². The molecule has 0 aliphatic carbocycles. The second-order valence-corrected chi connectivity index (χ2v) is 8.48. The zero-order valence-electron chi connectivity index (χ0n) is 19.1. The lowest BCUT2D eigenvalue weighted by molar-refractivity contribution is 0.293. The summed E-state index contributed by atoms with van der Waals surface area (Å²) in [4.78, 5) is 2.43. The molecule has 1 heterocycles. The molecule has 0 radical (unpaired) electrons. The molecule has 0 bridgehead atoms. The summed E-state index contributed by atoms with van der Waals surface area (Å²) >= 11 is 5.49. The Kier molecular flexibility index (Phi) is 8.43. The van der Waals surface area contributed by atoms with Crippen LogP contribution in [0.4, 0.5) is 0 Å². The molecular formula is C25H34N4OS. The summed E-state index contributed by atoms with van der Waals surface area (Å²) in [5.74, 6) is 2.29. The standard InChI is InChI=1S/C25H34N4OS/c1-5-28(6-2)15-8-16-29-24(26-27-25(29)31)22-10-7-9-20(17-22)18-30-23-13-11-21(12-14-23)19(3)4/h7,9-14,17,19H,5-6,8,15-16,18H2,1-4H3,(H,27,31). The highest BCUT2D eigenvalue weighted by atomic mass is 32.1. The van der Waals surface area contributed by atoms with Crippen molar-refractivity contribution in [2.45, 2.75) is 53.2 Å². The van der Waals surface area contributed by atoms with Gasteiger partial charge in [0.05, 0.1) is 0 Å². The highest BCUT2D eigenvalue weighted by Crippen LogP contribution is 2.22. The lowest BCUT2D eigenvalue weighted by Crippen LogP contribution is -2.25. The fourth-order valence-corrected chi connectivity index (χ4v) is 3.88. The molecule has 0 spiro atoms. The maximum Gasteiger partial charge on any atom is 0.195 e. The van der Waals surface area contributed by atoms with Crippen molar-refractivity contribution in [3.63, 3.8) is 0 Å². The van der Waals surface area contributed by atoms with E-state index in [0.717, 1.165) is 55.3 Å². The van der Waals surface area contributed by atoms with Gasteiger partial charge >= 0.3 is 0 Å². The first-order valence-corrected chi connectivity index (χ1v) is 11.6. The third-order valence-corrected chi connectivity index (χ3v) is 5.96. The SMILES string of the molecule is CCN(CC)CCCn1c(-c2cccc(COc3ccc(C(C)C)cc3)c2)n[nH]c1=S. The van der Waals surface area contributed by atoms with Crippen molar-refractivity contribution in [3.8, 4) is 17.1 Å². The molecule has 0 amide bonds. The number of hydrogen-bond acceptors (Lipinski definition) is 4. The van der Waals surface area contributed by atoms with E-state index in [4.69, 9.17) is 17.0 Å². The van der Waals surface area contributed by atoms with Crippen LogP contribution in [0.2, 0.25) is 0 Å². The Morgan fingerprint density at radius 1 is 1.10 bits per heavy atom. The van der Waals surface area contributed by atoms with Gasteiger partial charge in [-0.3, -0.25) is 5.10 Å². The van der Waals surface area contributed by atoms with Gasteiger partial charge < -0.3 is 14.2 Å². The molecule has 1 aromatic heterocycles. The number of hydrogen-bond donors (Lipinski definition) is 1. The van der Waals surface area contributed by atoms with E-state index in [9.17, 15) is 0 Å². The monoisotopic (exact) mass is 438 g/mol. The number of aromatic nitrogens is 3. The highest BCUT2D eigenvalue weighted by Gasteiger charge is 2.10. The van der Waals surface area contributed by atoms with Crippen LogP contribution in [0.25, 0.3) is 11.4 Å². The Hall–Kier alpha value is -2.44. The molecule has 2 aromatic carbocycles. The predicted octanol–water partition coefficient (Wildman–Crippen LogP) is 6.04. The molecule has 5 nitrogen and oxygen atoms in total. The van der Waals surface area contributed by atoms with E-state index >= 15 is 0 Å². The Morgan fingerprint density at radius 2 is 1.84 bits per heavy atom. The molecule has 6 heteroatoms. The first-order chi connectivity index (χ1) is 15.0. The zero-order chi connectivity index (χ0) is 22.2. The van der Waals surface area contributed by atoms with Crippen LogP contribution in [0.15, 0.2) is 48.5 Å². The van der Waals surface area contributed by atoms with Crippen molar-refractivity contribution in [2.75, 3.05) is 19.6 Å². The third-order valence-electron chi connectivity index (χ3n) is 5.65. The minimum absolute atomic E-state index is 0.516. The predicted molar refractivity (Wildman–Crippen MR) is 130 cm³/mol. The number of H-pyrrole nitrogens is 1. The Labute approximate surface area is 191 Å². The topological polar surface area (TPSA) is 46.1 Å². The fraction of sp³-hybridized carbons (Fsp3) is 0.440. The van der Waals surface area contributed by atoms with E-state index in [1.54, 1.807) is 0 Å². The van der Waals surface area contributed by atoms with Gasteiger partial charge in [-0.2, -0.15) is 5.10 Å². The molecule has 31 heavy (non-hydrogen) atoms. The van der Waals surface area contributed by atoms with E-state index in [2.05, 4.69) is 77.7 Å². The van der Waals surface area contributed by atoms with Crippen LogP contribution in [-0.2, 0) is 13.2 Å². The van der Waals surface area contributed by atoms with Gasteiger partial charge in [-0.15, -0.1) is 0 Å². The van der Waals surface area contributed by atoms with Crippen LogP contribution < -0.4 is 4.74 Å². The van der Waals surface area contributed by atoms with Crippen LogP contribution in [-0.4, -0.2) is 39.3 Å². The van der Waals surface area contributed by atoms with Crippen molar-refractivity contribution in [2.24, 2.45) is 0 Å². The lowest BCUT2D eigenvalue weighted by atomic mass is 10.0. The normalized spacial score (nSPS) is 11.4. The van der Waals surface area contributed by atoms with Gasteiger partial charge in [0.1, 0.15) is 12.4 Å². The summed E-state index contributed by atoms with van der Waals surface area (Å²) in [5.41, 5.74) is 3.47. The van der Waals surface area contributed by atoms with Crippen molar-refractivity contribution in [1.82, 2.24) is 19.7 Å². The molecule has 3 rings (SSSR count). The number of rotatable bonds is 11. The second kappa shape index (κ2) is 11.3. The van der Waals surface area contributed by atoms with Crippen molar-refractivity contribution < 1.29 is 4.74 Å². The van der Waals surface area contributed by atoms with Gasteiger partial charge in [0, 0.05) is 12.1 Å².